The highest BCUT2D eigenvalue weighted by molar-refractivity contribution is 7.60. The van der Waals surface area contributed by atoms with E-state index in [2.05, 4.69) is 29.6 Å². The third kappa shape index (κ3) is 5.27. The topological polar surface area (TPSA) is 117 Å². The molecule has 1 aliphatic rings. The Bertz CT molecular complexity index is 1560. The molecule has 0 atom stereocenters. The SMILES string of the molecule is CC(C)CCn1c(CN2C(=O)/C(=N/OCc3ccc(P(=O)(O)O)cc3)c3ccccc32)nc2ccccc21. The Balaban J connectivity index is 1.39. The van der Waals surface area contributed by atoms with Crippen LogP contribution >= 0.6 is 7.60 Å². The van der Waals surface area contributed by atoms with E-state index in [1.807, 2.05) is 42.5 Å². The van der Waals surface area contributed by atoms with Crippen molar-refractivity contribution in [3.63, 3.8) is 0 Å². The zero-order valence-corrected chi connectivity index (χ0v) is 22.1. The summed E-state index contributed by atoms with van der Waals surface area (Å²) in [5.74, 6) is 1.06. The second-order valence-corrected chi connectivity index (χ2v) is 11.3. The van der Waals surface area contributed by atoms with Gasteiger partial charge in [-0.05, 0) is 48.2 Å². The van der Waals surface area contributed by atoms with Crippen LogP contribution in [0, 0.1) is 5.92 Å². The molecule has 1 amide bonds. The summed E-state index contributed by atoms with van der Waals surface area (Å²) in [6.45, 7) is 5.53. The van der Waals surface area contributed by atoms with Crippen LogP contribution in [0.3, 0.4) is 0 Å². The van der Waals surface area contributed by atoms with E-state index >= 15 is 0 Å². The number of benzene rings is 3. The first-order valence-electron chi connectivity index (χ1n) is 12.4. The van der Waals surface area contributed by atoms with E-state index in [-0.39, 0.29) is 23.5 Å². The molecule has 5 rings (SSSR count). The number of aromatic nitrogens is 2. The zero-order valence-electron chi connectivity index (χ0n) is 21.2. The number of carbonyl (C=O) groups is 1. The van der Waals surface area contributed by atoms with Crippen molar-refractivity contribution in [1.82, 2.24) is 9.55 Å². The van der Waals surface area contributed by atoms with Crippen molar-refractivity contribution in [2.45, 2.75) is 40.0 Å². The smallest absolute Gasteiger partial charge is 0.356 e. The van der Waals surface area contributed by atoms with Crippen molar-refractivity contribution in [3.8, 4) is 0 Å². The molecule has 10 heteroatoms. The molecule has 0 radical (unpaired) electrons. The fraction of sp³-hybridized carbons (Fsp3) is 0.250. The first-order valence-corrected chi connectivity index (χ1v) is 14.0. The number of para-hydroxylation sites is 3. The van der Waals surface area contributed by atoms with Crippen molar-refractivity contribution in [1.29, 1.82) is 0 Å². The van der Waals surface area contributed by atoms with E-state index in [9.17, 15) is 19.1 Å². The average molecular weight is 533 g/mol. The summed E-state index contributed by atoms with van der Waals surface area (Å²) in [5.41, 5.74) is 4.24. The molecule has 0 fully saturated rings. The first kappa shape index (κ1) is 25.9. The van der Waals surface area contributed by atoms with Gasteiger partial charge in [0.15, 0.2) is 5.71 Å². The summed E-state index contributed by atoms with van der Waals surface area (Å²) in [6.07, 6.45) is 0.994. The molecule has 1 aliphatic heterocycles. The lowest BCUT2D eigenvalue weighted by Gasteiger charge is -2.18. The lowest BCUT2D eigenvalue weighted by Crippen LogP contribution is -2.31. The van der Waals surface area contributed by atoms with Gasteiger partial charge in [0.05, 0.1) is 28.6 Å². The molecule has 196 valence electrons. The molecule has 0 saturated heterocycles. The fourth-order valence-corrected chi connectivity index (χ4v) is 5.03. The summed E-state index contributed by atoms with van der Waals surface area (Å²) in [5, 5.41) is 4.11. The van der Waals surface area contributed by atoms with E-state index in [1.54, 1.807) is 17.0 Å². The summed E-state index contributed by atoms with van der Waals surface area (Å²) in [7, 11) is -4.31. The number of hydrogen-bond donors (Lipinski definition) is 2. The van der Waals surface area contributed by atoms with Gasteiger partial charge in [0, 0.05) is 12.1 Å². The minimum atomic E-state index is -4.31. The minimum Gasteiger partial charge on any atom is -0.390 e. The molecule has 0 bridgehead atoms. The monoisotopic (exact) mass is 532 g/mol. The van der Waals surface area contributed by atoms with Gasteiger partial charge in [-0.2, -0.15) is 0 Å². The number of imidazole rings is 1. The Kier molecular flexibility index (Phi) is 7.17. The highest BCUT2D eigenvalue weighted by atomic mass is 31.2. The molecule has 1 aromatic heterocycles. The van der Waals surface area contributed by atoms with Crippen molar-refractivity contribution in [2.24, 2.45) is 11.1 Å². The van der Waals surface area contributed by atoms with Crippen LogP contribution in [0.15, 0.2) is 78.0 Å². The second kappa shape index (κ2) is 10.5. The van der Waals surface area contributed by atoms with Crippen LogP contribution in [-0.4, -0.2) is 31.0 Å². The van der Waals surface area contributed by atoms with E-state index < -0.39 is 7.60 Å². The number of hydrogen-bond acceptors (Lipinski definition) is 5. The third-order valence-electron chi connectivity index (χ3n) is 6.52. The lowest BCUT2D eigenvalue weighted by atomic mass is 10.1. The van der Waals surface area contributed by atoms with Gasteiger partial charge in [0.2, 0.25) is 0 Å². The van der Waals surface area contributed by atoms with Crippen LogP contribution in [0.5, 0.6) is 0 Å². The molecule has 0 unspecified atom stereocenters. The number of fused-ring (bicyclic) bond motifs is 2. The summed E-state index contributed by atoms with van der Waals surface area (Å²) in [4.78, 5) is 44.1. The minimum absolute atomic E-state index is 0.0470. The van der Waals surface area contributed by atoms with Crippen molar-refractivity contribution in [3.05, 3.63) is 89.7 Å². The summed E-state index contributed by atoms with van der Waals surface area (Å²) >= 11 is 0. The second-order valence-electron chi connectivity index (χ2n) is 9.68. The first-order chi connectivity index (χ1) is 18.2. The van der Waals surface area contributed by atoms with Crippen LogP contribution < -0.4 is 10.2 Å². The fourth-order valence-electron chi connectivity index (χ4n) is 4.49. The number of amides is 1. The molecular weight excluding hydrogens is 503 g/mol. The van der Waals surface area contributed by atoms with Crippen LogP contribution in [0.25, 0.3) is 11.0 Å². The molecular formula is C28H29N4O5P. The zero-order chi connectivity index (χ0) is 26.9. The highest BCUT2D eigenvalue weighted by Gasteiger charge is 2.35. The van der Waals surface area contributed by atoms with E-state index in [0.717, 1.165) is 35.5 Å². The maximum atomic E-state index is 13.5. The molecule has 0 saturated carbocycles. The van der Waals surface area contributed by atoms with E-state index in [1.165, 1.54) is 12.1 Å². The van der Waals surface area contributed by atoms with Gasteiger partial charge in [-0.3, -0.25) is 14.3 Å². The normalized spacial score (nSPS) is 14.6. The Morgan fingerprint density at radius 2 is 1.71 bits per heavy atom. The largest absolute Gasteiger partial charge is 0.390 e. The maximum Gasteiger partial charge on any atom is 0.356 e. The van der Waals surface area contributed by atoms with Crippen LogP contribution in [0.1, 0.15) is 37.2 Å². The van der Waals surface area contributed by atoms with Gasteiger partial charge in [0.1, 0.15) is 12.4 Å². The van der Waals surface area contributed by atoms with Gasteiger partial charge in [0.25, 0.3) is 5.91 Å². The van der Waals surface area contributed by atoms with Gasteiger partial charge in [-0.25, -0.2) is 4.98 Å². The predicted molar refractivity (Wildman–Crippen MR) is 146 cm³/mol. The van der Waals surface area contributed by atoms with Gasteiger partial charge >= 0.3 is 7.60 Å². The van der Waals surface area contributed by atoms with E-state index in [0.29, 0.717) is 23.6 Å². The van der Waals surface area contributed by atoms with Gasteiger partial charge in [-0.1, -0.05) is 61.5 Å². The number of rotatable bonds is 9. The van der Waals surface area contributed by atoms with Gasteiger partial charge < -0.3 is 19.2 Å². The number of nitrogens with zero attached hydrogens (tertiary/aromatic N) is 4. The number of anilines is 1. The molecule has 4 aromatic rings. The lowest BCUT2D eigenvalue weighted by molar-refractivity contribution is -0.112. The Labute approximate surface area is 220 Å². The Morgan fingerprint density at radius 1 is 1.00 bits per heavy atom. The van der Waals surface area contributed by atoms with Crippen molar-refractivity contribution in [2.75, 3.05) is 4.90 Å². The maximum absolute atomic E-state index is 13.5. The summed E-state index contributed by atoms with van der Waals surface area (Å²) in [6, 6.07) is 21.3. The molecule has 2 heterocycles. The third-order valence-corrected chi connectivity index (χ3v) is 7.49. The van der Waals surface area contributed by atoms with E-state index in [4.69, 9.17) is 9.82 Å². The number of oxime groups is 1. The number of carbonyl (C=O) groups excluding carboxylic acids is 1. The molecule has 0 aliphatic carbocycles. The van der Waals surface area contributed by atoms with Crippen LogP contribution in [-0.2, 0) is 33.9 Å². The van der Waals surface area contributed by atoms with Crippen LogP contribution in [0.4, 0.5) is 5.69 Å². The number of aryl methyl sites for hydroxylation is 1. The Morgan fingerprint density at radius 3 is 2.45 bits per heavy atom. The Hall–Kier alpha value is -3.78. The molecule has 3 aromatic carbocycles. The average Bonchev–Trinajstić information content (AvgIpc) is 3.37. The predicted octanol–water partition coefficient (Wildman–Crippen LogP) is 4.35. The molecule has 2 N–H and O–H groups in total. The highest BCUT2D eigenvalue weighted by Crippen LogP contribution is 2.33. The van der Waals surface area contributed by atoms with Crippen molar-refractivity contribution >= 4 is 41.2 Å². The standard InChI is InChI=1S/C28H29N4O5P/c1-19(2)15-16-31-25-10-6-4-8-23(25)29-26(31)17-32-24-9-5-3-7-22(24)27(28(32)33)30-37-18-20-11-13-21(14-12-20)38(34,35)36/h3-14,19H,15-18H2,1-2H3,(H2,34,35,36)/b30-27+. The quantitative estimate of drug-likeness (QED) is 0.245. The summed E-state index contributed by atoms with van der Waals surface area (Å²) < 4.78 is 13.6. The molecule has 9 nitrogen and oxygen atoms in total. The van der Waals surface area contributed by atoms with Crippen molar-refractivity contribution < 1.29 is 24.0 Å². The molecule has 0 spiro atoms. The van der Waals surface area contributed by atoms with Gasteiger partial charge in [-0.15, -0.1) is 0 Å². The molecule has 38 heavy (non-hydrogen) atoms. The van der Waals surface area contributed by atoms with Crippen LogP contribution in [0.2, 0.25) is 0 Å².